The Balaban J connectivity index is 2.43. The van der Waals surface area contributed by atoms with Crippen LogP contribution in [0.3, 0.4) is 0 Å². The molecule has 1 N–H and O–H groups in total. The van der Waals surface area contributed by atoms with Crippen molar-refractivity contribution in [2.24, 2.45) is 0 Å². The largest absolute Gasteiger partial charge is 0.298 e. The fraction of sp³-hybridized carbons (Fsp3) is 1.00. The van der Waals surface area contributed by atoms with Crippen LogP contribution in [0.2, 0.25) is 0 Å². The second-order valence-corrected chi connectivity index (χ2v) is 7.74. The lowest BCUT2D eigenvalue weighted by molar-refractivity contribution is 0.100. The molecule has 0 aliphatic carbocycles. The van der Waals surface area contributed by atoms with Crippen molar-refractivity contribution >= 4 is 10.0 Å². The zero-order valence-corrected chi connectivity index (χ0v) is 12.3. The van der Waals surface area contributed by atoms with Crippen LogP contribution in [0.25, 0.3) is 0 Å². The van der Waals surface area contributed by atoms with E-state index in [1.54, 1.807) is 0 Å². The molecule has 102 valence electrons. The maximum Gasteiger partial charge on any atom is 0.211 e. The molecule has 1 aliphatic rings. The molecule has 0 aromatic rings. The number of sulfonamides is 1. The van der Waals surface area contributed by atoms with E-state index in [2.05, 4.69) is 30.4 Å². The molecule has 5 heteroatoms. The fourth-order valence-electron chi connectivity index (χ4n) is 2.25. The third kappa shape index (κ3) is 4.94. The molecule has 0 amide bonds. The van der Waals surface area contributed by atoms with Crippen LogP contribution in [0.5, 0.6) is 0 Å². The third-order valence-electron chi connectivity index (χ3n) is 3.26. The predicted octanol–water partition coefficient (Wildman–Crippen LogP) is 1.58. The molecule has 1 heterocycles. The van der Waals surface area contributed by atoms with Gasteiger partial charge in [-0.3, -0.25) is 4.90 Å². The van der Waals surface area contributed by atoms with Gasteiger partial charge in [-0.1, -0.05) is 6.92 Å². The molecule has 0 unspecified atom stereocenters. The van der Waals surface area contributed by atoms with Gasteiger partial charge in [-0.05, 0) is 40.0 Å². The van der Waals surface area contributed by atoms with E-state index in [-0.39, 0.29) is 17.3 Å². The van der Waals surface area contributed by atoms with Crippen LogP contribution in [0.15, 0.2) is 0 Å². The number of nitrogens with zero attached hydrogens (tertiary/aromatic N) is 1. The minimum absolute atomic E-state index is 0.130. The van der Waals surface area contributed by atoms with Gasteiger partial charge in [0, 0.05) is 24.7 Å². The smallest absolute Gasteiger partial charge is 0.211 e. The number of rotatable bonds is 4. The molecule has 4 nitrogen and oxygen atoms in total. The SMILES string of the molecule is CCCS(=O)(=O)NC1CCN(C(C)(C)C)CC1. The van der Waals surface area contributed by atoms with Crippen LogP contribution in [-0.2, 0) is 10.0 Å². The zero-order chi connectivity index (χ0) is 13.1. The second-order valence-electron chi connectivity index (χ2n) is 5.87. The van der Waals surface area contributed by atoms with E-state index < -0.39 is 10.0 Å². The van der Waals surface area contributed by atoms with Gasteiger partial charge in [0.05, 0.1) is 5.75 Å². The Kier molecular flexibility index (Phi) is 4.98. The number of likely N-dealkylation sites (tertiary alicyclic amines) is 1. The standard InChI is InChI=1S/C12H26N2O2S/c1-5-10-17(15,16)13-11-6-8-14(9-7-11)12(2,3)4/h11,13H,5-10H2,1-4H3. The van der Waals surface area contributed by atoms with Crippen molar-refractivity contribution in [2.75, 3.05) is 18.8 Å². The summed E-state index contributed by atoms with van der Waals surface area (Å²) in [5.41, 5.74) is 0.188. The normalized spacial score (nSPS) is 20.7. The highest BCUT2D eigenvalue weighted by Gasteiger charge is 2.28. The van der Waals surface area contributed by atoms with Crippen LogP contribution < -0.4 is 4.72 Å². The Morgan fingerprint density at radius 3 is 2.18 bits per heavy atom. The molecular weight excluding hydrogens is 236 g/mol. The van der Waals surface area contributed by atoms with Crippen molar-refractivity contribution in [3.8, 4) is 0 Å². The monoisotopic (exact) mass is 262 g/mol. The minimum Gasteiger partial charge on any atom is -0.298 e. The van der Waals surface area contributed by atoms with E-state index in [1.807, 2.05) is 6.92 Å². The van der Waals surface area contributed by atoms with Crippen LogP contribution in [-0.4, -0.2) is 43.7 Å². The summed E-state index contributed by atoms with van der Waals surface area (Å²) in [4.78, 5) is 2.41. The predicted molar refractivity (Wildman–Crippen MR) is 71.6 cm³/mol. The molecule has 1 fully saturated rings. The number of hydrogen-bond acceptors (Lipinski definition) is 3. The minimum atomic E-state index is -3.05. The van der Waals surface area contributed by atoms with Gasteiger partial charge in [0.2, 0.25) is 10.0 Å². The highest BCUT2D eigenvalue weighted by Crippen LogP contribution is 2.20. The lowest BCUT2D eigenvalue weighted by Crippen LogP contribution is -2.51. The molecule has 0 spiro atoms. The van der Waals surface area contributed by atoms with Crippen molar-refractivity contribution in [1.82, 2.24) is 9.62 Å². The first kappa shape index (κ1) is 14.9. The van der Waals surface area contributed by atoms with E-state index in [0.717, 1.165) is 25.9 Å². The summed E-state index contributed by atoms with van der Waals surface area (Å²) in [6.45, 7) is 10.4. The zero-order valence-electron chi connectivity index (χ0n) is 11.5. The van der Waals surface area contributed by atoms with E-state index in [1.165, 1.54) is 0 Å². The van der Waals surface area contributed by atoms with E-state index >= 15 is 0 Å². The maximum absolute atomic E-state index is 11.7. The summed E-state index contributed by atoms with van der Waals surface area (Å²) in [6, 6.07) is 0.130. The summed E-state index contributed by atoms with van der Waals surface area (Å²) >= 11 is 0. The molecule has 0 saturated carbocycles. The summed E-state index contributed by atoms with van der Waals surface area (Å²) in [5.74, 6) is 0.243. The number of piperidine rings is 1. The lowest BCUT2D eigenvalue weighted by Gasteiger charge is -2.40. The third-order valence-corrected chi connectivity index (χ3v) is 4.90. The van der Waals surface area contributed by atoms with Gasteiger partial charge in [0.1, 0.15) is 0 Å². The molecule has 0 aromatic carbocycles. The van der Waals surface area contributed by atoms with Crippen LogP contribution in [0, 0.1) is 0 Å². The van der Waals surface area contributed by atoms with E-state index in [4.69, 9.17) is 0 Å². The summed E-state index contributed by atoms with van der Waals surface area (Å²) < 4.78 is 26.1. The van der Waals surface area contributed by atoms with Crippen LogP contribution in [0.1, 0.15) is 47.0 Å². The molecule has 1 rings (SSSR count). The number of nitrogens with one attached hydrogen (secondary N) is 1. The van der Waals surface area contributed by atoms with Crippen molar-refractivity contribution in [1.29, 1.82) is 0 Å². The maximum atomic E-state index is 11.7. The van der Waals surface area contributed by atoms with E-state index in [0.29, 0.717) is 6.42 Å². The Morgan fingerprint density at radius 2 is 1.76 bits per heavy atom. The van der Waals surface area contributed by atoms with Crippen LogP contribution in [0.4, 0.5) is 0 Å². The summed E-state index contributed by atoms with van der Waals surface area (Å²) in [5, 5.41) is 0. The highest BCUT2D eigenvalue weighted by atomic mass is 32.2. The van der Waals surface area contributed by atoms with Gasteiger partial charge in [0.25, 0.3) is 0 Å². The Labute approximate surface area is 106 Å². The van der Waals surface area contributed by atoms with Crippen molar-refractivity contribution in [3.05, 3.63) is 0 Å². The van der Waals surface area contributed by atoms with Crippen molar-refractivity contribution < 1.29 is 8.42 Å². The van der Waals surface area contributed by atoms with Gasteiger partial charge in [-0.25, -0.2) is 13.1 Å². The molecule has 0 bridgehead atoms. The first-order chi connectivity index (χ1) is 7.74. The quantitative estimate of drug-likeness (QED) is 0.837. The van der Waals surface area contributed by atoms with Gasteiger partial charge >= 0.3 is 0 Å². The molecule has 0 radical (unpaired) electrons. The van der Waals surface area contributed by atoms with Gasteiger partial charge in [-0.15, -0.1) is 0 Å². The average Bonchev–Trinajstić information content (AvgIpc) is 2.16. The molecular formula is C12H26N2O2S. The number of hydrogen-bond donors (Lipinski definition) is 1. The topological polar surface area (TPSA) is 49.4 Å². The Hall–Kier alpha value is -0.130. The Bertz CT molecular complexity index is 325. The van der Waals surface area contributed by atoms with Crippen molar-refractivity contribution in [2.45, 2.75) is 58.5 Å². The summed E-state index contributed by atoms with van der Waals surface area (Å²) in [7, 11) is -3.05. The van der Waals surface area contributed by atoms with E-state index in [9.17, 15) is 8.42 Å². The first-order valence-electron chi connectivity index (χ1n) is 6.49. The highest BCUT2D eigenvalue weighted by molar-refractivity contribution is 7.89. The Morgan fingerprint density at radius 1 is 1.24 bits per heavy atom. The van der Waals surface area contributed by atoms with Crippen molar-refractivity contribution in [3.63, 3.8) is 0 Å². The molecule has 0 atom stereocenters. The van der Waals surface area contributed by atoms with Gasteiger partial charge in [-0.2, -0.15) is 0 Å². The van der Waals surface area contributed by atoms with Gasteiger partial charge in [0.15, 0.2) is 0 Å². The second kappa shape index (κ2) is 5.67. The summed E-state index contributed by atoms with van der Waals surface area (Å²) in [6.07, 6.45) is 2.51. The molecule has 1 aliphatic heterocycles. The van der Waals surface area contributed by atoms with Gasteiger partial charge < -0.3 is 0 Å². The average molecular weight is 262 g/mol. The fourth-order valence-corrected chi connectivity index (χ4v) is 3.65. The first-order valence-corrected chi connectivity index (χ1v) is 8.15. The lowest BCUT2D eigenvalue weighted by atomic mass is 9.99. The molecule has 1 saturated heterocycles. The molecule has 17 heavy (non-hydrogen) atoms. The van der Waals surface area contributed by atoms with Crippen LogP contribution >= 0.6 is 0 Å². The molecule has 0 aromatic heterocycles.